The molecule has 1 aliphatic rings. The highest BCUT2D eigenvalue weighted by Crippen LogP contribution is 2.43. The maximum absolute atomic E-state index is 11.5. The number of Topliss-reactive ketones (excluding diaryl/α,β-unsaturated/α-hetero) is 1. The van der Waals surface area contributed by atoms with Crippen LogP contribution in [-0.2, 0) is 23.8 Å². The van der Waals surface area contributed by atoms with Gasteiger partial charge in [-0.2, -0.15) is 0 Å². The topological polar surface area (TPSA) is 61.8 Å². The van der Waals surface area contributed by atoms with E-state index in [1.54, 1.807) is 7.11 Å². The molecule has 0 aromatic carbocycles. The molecule has 0 heterocycles. The molecule has 17 heavy (non-hydrogen) atoms. The van der Waals surface area contributed by atoms with Gasteiger partial charge in [-0.05, 0) is 13.3 Å². The van der Waals surface area contributed by atoms with Gasteiger partial charge in [0.25, 0.3) is 0 Å². The Hall–Kier alpha value is -0.940. The van der Waals surface area contributed by atoms with Crippen LogP contribution in [0.1, 0.15) is 20.3 Å². The number of hydrogen-bond acceptors (Lipinski definition) is 5. The van der Waals surface area contributed by atoms with Crippen LogP contribution in [-0.4, -0.2) is 38.9 Å². The average molecular weight is 244 g/mol. The Labute approximate surface area is 101 Å². The third-order valence-electron chi connectivity index (χ3n) is 3.50. The molecule has 0 aliphatic heterocycles. The Bertz CT molecular complexity index is 289. The van der Waals surface area contributed by atoms with Gasteiger partial charge in [0.15, 0.2) is 0 Å². The van der Waals surface area contributed by atoms with Crippen LogP contribution >= 0.6 is 0 Å². The Morgan fingerprint density at radius 1 is 1.35 bits per heavy atom. The van der Waals surface area contributed by atoms with E-state index >= 15 is 0 Å². The summed E-state index contributed by atoms with van der Waals surface area (Å²) in [7, 11) is 2.90. The summed E-state index contributed by atoms with van der Waals surface area (Å²) in [5.74, 6) is -0.736. The Balaban J connectivity index is 2.65. The fraction of sp³-hybridized carbons (Fsp3) is 0.833. The van der Waals surface area contributed by atoms with Gasteiger partial charge in [0, 0.05) is 18.9 Å². The van der Waals surface area contributed by atoms with Crippen LogP contribution < -0.4 is 0 Å². The second-order valence-corrected chi connectivity index (χ2v) is 4.45. The minimum atomic E-state index is -0.264. The van der Waals surface area contributed by atoms with Gasteiger partial charge in [-0.15, -0.1) is 0 Å². The number of carbonyl (C=O) groups excluding carboxylic acids is 2. The molecule has 0 aromatic heterocycles. The molecule has 1 fully saturated rings. The van der Waals surface area contributed by atoms with E-state index < -0.39 is 0 Å². The van der Waals surface area contributed by atoms with Crippen LogP contribution in [0.5, 0.6) is 0 Å². The molecule has 0 aromatic rings. The molecule has 0 radical (unpaired) electrons. The number of hydrogen-bond donors (Lipinski definition) is 0. The molecule has 1 rings (SSSR count). The van der Waals surface area contributed by atoms with Crippen molar-refractivity contribution in [3.63, 3.8) is 0 Å². The van der Waals surface area contributed by atoms with E-state index in [2.05, 4.69) is 0 Å². The van der Waals surface area contributed by atoms with Crippen molar-refractivity contribution in [3.05, 3.63) is 0 Å². The maximum atomic E-state index is 11.5. The largest absolute Gasteiger partial charge is 0.469 e. The van der Waals surface area contributed by atoms with E-state index in [-0.39, 0.29) is 42.4 Å². The van der Waals surface area contributed by atoms with Crippen molar-refractivity contribution in [2.75, 3.05) is 21.0 Å². The molecular weight excluding hydrogens is 224 g/mol. The molecule has 0 amide bonds. The Morgan fingerprint density at radius 2 is 2.00 bits per heavy atom. The van der Waals surface area contributed by atoms with Gasteiger partial charge < -0.3 is 14.2 Å². The van der Waals surface area contributed by atoms with Crippen LogP contribution in [0.25, 0.3) is 0 Å². The van der Waals surface area contributed by atoms with E-state index in [1.807, 2.05) is 6.92 Å². The van der Waals surface area contributed by atoms with Crippen LogP contribution in [0.3, 0.4) is 0 Å². The van der Waals surface area contributed by atoms with Gasteiger partial charge in [0.05, 0.1) is 19.1 Å². The lowest BCUT2D eigenvalue weighted by Crippen LogP contribution is -2.52. The lowest BCUT2D eigenvalue weighted by atomic mass is 9.64. The van der Waals surface area contributed by atoms with Crippen molar-refractivity contribution in [3.8, 4) is 0 Å². The normalized spacial score (nSPS) is 29.3. The smallest absolute Gasteiger partial charge is 0.309 e. The van der Waals surface area contributed by atoms with Gasteiger partial charge >= 0.3 is 5.97 Å². The van der Waals surface area contributed by atoms with Gasteiger partial charge in [-0.3, -0.25) is 9.59 Å². The standard InChI is InChI=1S/C12H20O5/c1-7(8(2)13)11-9(12(14)16-4)5-10(11)17-6-15-3/h7,9-11H,5-6H2,1-4H3/t7-,9?,10-,11+/m1/s1. The van der Waals surface area contributed by atoms with Crippen LogP contribution in [0.2, 0.25) is 0 Å². The molecule has 1 saturated carbocycles. The highest BCUT2D eigenvalue weighted by molar-refractivity contribution is 5.81. The quantitative estimate of drug-likeness (QED) is 0.515. The molecule has 1 unspecified atom stereocenters. The fourth-order valence-corrected chi connectivity index (χ4v) is 2.31. The first kappa shape index (κ1) is 14.1. The highest BCUT2D eigenvalue weighted by Gasteiger charge is 2.50. The van der Waals surface area contributed by atoms with E-state index in [0.29, 0.717) is 6.42 Å². The van der Waals surface area contributed by atoms with Crippen LogP contribution in [0.4, 0.5) is 0 Å². The molecular formula is C12H20O5. The second-order valence-electron chi connectivity index (χ2n) is 4.45. The molecule has 5 heteroatoms. The highest BCUT2D eigenvalue weighted by atomic mass is 16.7. The van der Waals surface area contributed by atoms with Crippen molar-refractivity contribution in [1.29, 1.82) is 0 Å². The van der Waals surface area contributed by atoms with Crippen molar-refractivity contribution in [1.82, 2.24) is 0 Å². The monoisotopic (exact) mass is 244 g/mol. The molecule has 0 saturated heterocycles. The average Bonchev–Trinajstić information content (AvgIpc) is 2.27. The SMILES string of the molecule is COCO[C@@H]1CC(C(=O)OC)[C@@H]1[C@H](C)C(C)=O. The zero-order valence-corrected chi connectivity index (χ0v) is 10.8. The summed E-state index contributed by atoms with van der Waals surface area (Å²) in [5, 5.41) is 0. The first-order valence-electron chi connectivity index (χ1n) is 5.71. The zero-order chi connectivity index (χ0) is 13.0. The van der Waals surface area contributed by atoms with Crippen LogP contribution in [0.15, 0.2) is 0 Å². The van der Waals surface area contributed by atoms with Crippen molar-refractivity contribution in [2.45, 2.75) is 26.4 Å². The minimum Gasteiger partial charge on any atom is -0.469 e. The van der Waals surface area contributed by atoms with E-state index in [0.717, 1.165) is 0 Å². The number of carbonyl (C=O) groups is 2. The summed E-state index contributed by atoms with van der Waals surface area (Å²) in [6.07, 6.45) is 0.496. The Morgan fingerprint density at radius 3 is 2.47 bits per heavy atom. The van der Waals surface area contributed by atoms with E-state index in [1.165, 1.54) is 14.0 Å². The third-order valence-corrected chi connectivity index (χ3v) is 3.50. The zero-order valence-electron chi connectivity index (χ0n) is 10.8. The minimum absolute atomic E-state index is 0.0645. The summed E-state index contributed by atoms with van der Waals surface area (Å²) >= 11 is 0. The summed E-state index contributed by atoms with van der Waals surface area (Å²) in [4.78, 5) is 22.9. The molecule has 0 bridgehead atoms. The summed E-state index contributed by atoms with van der Waals surface area (Å²) in [6, 6.07) is 0. The molecule has 0 N–H and O–H groups in total. The maximum Gasteiger partial charge on any atom is 0.309 e. The van der Waals surface area contributed by atoms with E-state index in [4.69, 9.17) is 14.2 Å². The molecule has 1 aliphatic carbocycles. The van der Waals surface area contributed by atoms with Crippen molar-refractivity contribution < 1.29 is 23.8 Å². The van der Waals surface area contributed by atoms with Gasteiger partial charge in [-0.1, -0.05) is 6.92 Å². The number of rotatable bonds is 6. The third kappa shape index (κ3) is 3.04. The summed E-state index contributed by atoms with van der Waals surface area (Å²) in [6.45, 7) is 3.54. The Kier molecular flexibility index (Phi) is 5.08. The van der Waals surface area contributed by atoms with Crippen LogP contribution in [0, 0.1) is 17.8 Å². The van der Waals surface area contributed by atoms with E-state index in [9.17, 15) is 9.59 Å². The van der Waals surface area contributed by atoms with Crippen molar-refractivity contribution >= 4 is 11.8 Å². The molecule has 5 nitrogen and oxygen atoms in total. The fourth-order valence-electron chi connectivity index (χ4n) is 2.31. The summed E-state index contributed by atoms with van der Waals surface area (Å²) < 4.78 is 15.0. The summed E-state index contributed by atoms with van der Waals surface area (Å²) in [5.41, 5.74) is 0. The second kappa shape index (κ2) is 6.12. The molecule has 98 valence electrons. The number of esters is 1. The predicted molar refractivity (Wildman–Crippen MR) is 60.2 cm³/mol. The number of ether oxygens (including phenoxy) is 3. The number of methoxy groups -OCH3 is 2. The number of ketones is 1. The lowest BCUT2D eigenvalue weighted by Gasteiger charge is -2.44. The first-order chi connectivity index (χ1) is 8.02. The predicted octanol–water partition coefficient (Wildman–Crippen LogP) is 1.01. The van der Waals surface area contributed by atoms with Gasteiger partial charge in [0.1, 0.15) is 12.6 Å². The first-order valence-corrected chi connectivity index (χ1v) is 5.71. The van der Waals surface area contributed by atoms with Gasteiger partial charge in [-0.25, -0.2) is 0 Å². The molecule has 4 atom stereocenters. The lowest BCUT2D eigenvalue weighted by molar-refractivity contribution is -0.185. The molecule has 0 spiro atoms. The van der Waals surface area contributed by atoms with Crippen molar-refractivity contribution in [2.24, 2.45) is 17.8 Å². The van der Waals surface area contributed by atoms with Gasteiger partial charge in [0.2, 0.25) is 0 Å².